The van der Waals surface area contributed by atoms with Crippen molar-refractivity contribution >= 4 is 5.97 Å². The lowest BCUT2D eigenvalue weighted by Crippen LogP contribution is -2.19. The Morgan fingerprint density at radius 1 is 1.44 bits per heavy atom. The summed E-state index contributed by atoms with van der Waals surface area (Å²) < 4.78 is 5.60. The fourth-order valence-corrected chi connectivity index (χ4v) is 2.63. The van der Waals surface area contributed by atoms with Gasteiger partial charge in [0.1, 0.15) is 5.75 Å². The van der Waals surface area contributed by atoms with E-state index in [9.17, 15) is 9.90 Å². The Kier molecular flexibility index (Phi) is 3.90. The minimum Gasteiger partial charge on any atom is -0.493 e. The molecule has 0 aliphatic carbocycles. The number of ether oxygens (including phenoxy) is 1. The Bertz CT molecular complexity index is 426. The van der Waals surface area contributed by atoms with Crippen LogP contribution in [0.4, 0.5) is 0 Å². The number of carbonyl (C=O) groups is 1. The molecule has 2 unspecified atom stereocenters. The lowest BCUT2D eigenvalue weighted by atomic mass is 9.86. The van der Waals surface area contributed by atoms with Gasteiger partial charge in [0.05, 0.1) is 12.5 Å². The topological polar surface area (TPSA) is 46.5 Å². The number of para-hydroxylation sites is 1. The number of carboxylic acid groups (broad SMARTS) is 1. The summed E-state index contributed by atoms with van der Waals surface area (Å²) in [6.07, 6.45) is 1.40. The van der Waals surface area contributed by atoms with Crippen LogP contribution in [0.2, 0.25) is 0 Å². The molecule has 98 valence electrons. The predicted molar refractivity (Wildman–Crippen MR) is 69.9 cm³/mol. The molecule has 1 heterocycles. The van der Waals surface area contributed by atoms with Crippen LogP contribution in [0.25, 0.3) is 0 Å². The van der Waals surface area contributed by atoms with E-state index < -0.39 is 5.97 Å². The molecule has 3 heteroatoms. The Morgan fingerprint density at radius 3 is 2.83 bits per heavy atom. The van der Waals surface area contributed by atoms with Gasteiger partial charge in [-0.25, -0.2) is 0 Å². The maximum atomic E-state index is 11.3. The van der Waals surface area contributed by atoms with E-state index in [0.717, 1.165) is 17.7 Å². The van der Waals surface area contributed by atoms with E-state index in [2.05, 4.69) is 13.8 Å². The van der Waals surface area contributed by atoms with Crippen LogP contribution in [0.15, 0.2) is 24.3 Å². The number of fused-ring (bicyclic) bond motifs is 1. The molecule has 2 rings (SSSR count). The van der Waals surface area contributed by atoms with Crippen molar-refractivity contribution < 1.29 is 14.6 Å². The Labute approximate surface area is 108 Å². The van der Waals surface area contributed by atoms with Crippen LogP contribution in [0.3, 0.4) is 0 Å². The number of hydrogen-bond acceptors (Lipinski definition) is 2. The Hall–Kier alpha value is -1.51. The third-order valence-electron chi connectivity index (χ3n) is 3.47. The predicted octanol–water partition coefficient (Wildman–Crippen LogP) is 3.30. The van der Waals surface area contributed by atoms with E-state index >= 15 is 0 Å². The van der Waals surface area contributed by atoms with Gasteiger partial charge < -0.3 is 9.84 Å². The molecule has 3 nitrogen and oxygen atoms in total. The van der Waals surface area contributed by atoms with Crippen LogP contribution >= 0.6 is 0 Å². The third-order valence-corrected chi connectivity index (χ3v) is 3.47. The molecule has 18 heavy (non-hydrogen) atoms. The van der Waals surface area contributed by atoms with Crippen molar-refractivity contribution in [3.8, 4) is 5.75 Å². The lowest BCUT2D eigenvalue weighted by molar-refractivity contribution is -0.142. The first-order chi connectivity index (χ1) is 8.58. The zero-order valence-electron chi connectivity index (χ0n) is 10.9. The molecule has 0 spiro atoms. The van der Waals surface area contributed by atoms with Crippen molar-refractivity contribution in [1.82, 2.24) is 0 Å². The van der Waals surface area contributed by atoms with E-state index in [1.54, 1.807) is 0 Å². The van der Waals surface area contributed by atoms with Gasteiger partial charge >= 0.3 is 5.97 Å². The van der Waals surface area contributed by atoms with Gasteiger partial charge in [0, 0.05) is 11.5 Å². The van der Waals surface area contributed by atoms with Crippen LogP contribution in [-0.4, -0.2) is 17.7 Å². The number of hydrogen-bond donors (Lipinski definition) is 1. The average Bonchev–Trinajstić information content (AvgIpc) is 2.71. The van der Waals surface area contributed by atoms with Crippen LogP contribution in [0.1, 0.15) is 38.2 Å². The van der Waals surface area contributed by atoms with Gasteiger partial charge in [0.15, 0.2) is 0 Å². The fourth-order valence-electron chi connectivity index (χ4n) is 2.63. The molecule has 0 bridgehead atoms. The number of rotatable bonds is 5. The summed E-state index contributed by atoms with van der Waals surface area (Å²) in [5, 5.41) is 9.29. The summed E-state index contributed by atoms with van der Waals surface area (Å²) in [4.78, 5) is 11.3. The molecule has 0 saturated carbocycles. The minimum absolute atomic E-state index is 0.223. The van der Waals surface area contributed by atoms with Crippen LogP contribution in [0.5, 0.6) is 5.75 Å². The lowest BCUT2D eigenvalue weighted by Gasteiger charge is -2.18. The summed E-state index contributed by atoms with van der Waals surface area (Å²) in [5.41, 5.74) is 1.16. The smallest absolute Gasteiger partial charge is 0.306 e. The van der Waals surface area contributed by atoms with Crippen molar-refractivity contribution in [1.29, 1.82) is 0 Å². The summed E-state index contributed by atoms with van der Waals surface area (Å²) >= 11 is 0. The van der Waals surface area contributed by atoms with Gasteiger partial charge in [-0.2, -0.15) is 0 Å². The zero-order chi connectivity index (χ0) is 13.1. The summed E-state index contributed by atoms with van der Waals surface area (Å²) in [7, 11) is 0. The van der Waals surface area contributed by atoms with Crippen molar-refractivity contribution in [2.75, 3.05) is 6.61 Å². The van der Waals surface area contributed by atoms with Crippen molar-refractivity contribution in [2.45, 2.75) is 32.6 Å². The molecule has 0 fully saturated rings. The minimum atomic E-state index is -0.687. The van der Waals surface area contributed by atoms with E-state index in [1.807, 2.05) is 24.3 Å². The summed E-state index contributed by atoms with van der Waals surface area (Å²) in [6, 6.07) is 7.93. The van der Waals surface area contributed by atoms with Gasteiger partial charge in [-0.15, -0.1) is 0 Å². The molecule has 0 aromatic heterocycles. The van der Waals surface area contributed by atoms with Gasteiger partial charge in [0.25, 0.3) is 0 Å². The molecule has 1 aromatic rings. The molecule has 1 aliphatic heterocycles. The molecule has 2 atom stereocenters. The van der Waals surface area contributed by atoms with Crippen molar-refractivity contribution in [2.24, 2.45) is 11.8 Å². The third kappa shape index (κ3) is 2.84. The number of aliphatic carboxylic acids is 1. The molecular weight excluding hydrogens is 228 g/mol. The molecule has 1 N–H and O–H groups in total. The largest absolute Gasteiger partial charge is 0.493 e. The maximum absolute atomic E-state index is 11.3. The fraction of sp³-hybridized carbons (Fsp3) is 0.533. The quantitative estimate of drug-likeness (QED) is 0.869. The van der Waals surface area contributed by atoms with Gasteiger partial charge in [-0.1, -0.05) is 32.0 Å². The van der Waals surface area contributed by atoms with E-state index in [-0.39, 0.29) is 11.8 Å². The Morgan fingerprint density at radius 2 is 2.17 bits per heavy atom. The zero-order valence-corrected chi connectivity index (χ0v) is 10.9. The van der Waals surface area contributed by atoms with Gasteiger partial charge in [-0.3, -0.25) is 4.79 Å². The van der Waals surface area contributed by atoms with Crippen LogP contribution < -0.4 is 4.74 Å². The summed E-state index contributed by atoms with van der Waals surface area (Å²) in [6.45, 7) is 4.74. The Balaban J connectivity index is 2.07. The first kappa shape index (κ1) is 12.9. The average molecular weight is 248 g/mol. The highest BCUT2D eigenvalue weighted by Crippen LogP contribution is 2.38. The monoisotopic (exact) mass is 248 g/mol. The van der Waals surface area contributed by atoms with Crippen LogP contribution in [0, 0.1) is 11.8 Å². The maximum Gasteiger partial charge on any atom is 0.306 e. The first-order valence-electron chi connectivity index (χ1n) is 6.52. The second-order valence-electron chi connectivity index (χ2n) is 5.45. The molecular formula is C15H20O3. The van der Waals surface area contributed by atoms with E-state index in [4.69, 9.17) is 4.74 Å². The highest BCUT2D eigenvalue weighted by molar-refractivity contribution is 5.70. The summed E-state index contributed by atoms with van der Waals surface area (Å²) in [5.74, 6) is 0.582. The number of benzene rings is 1. The second kappa shape index (κ2) is 5.42. The first-order valence-corrected chi connectivity index (χ1v) is 6.52. The highest BCUT2D eigenvalue weighted by Gasteiger charge is 2.29. The standard InChI is InChI=1S/C15H20O3/c1-10(2)7-11(15(16)17)8-12-9-18-14-6-4-3-5-13(12)14/h3-6,10-12H,7-9H2,1-2H3,(H,16,17). The van der Waals surface area contributed by atoms with Gasteiger partial charge in [-0.05, 0) is 24.8 Å². The SMILES string of the molecule is CC(C)CC(CC1COc2ccccc21)C(=O)O. The molecule has 0 radical (unpaired) electrons. The van der Waals surface area contributed by atoms with Crippen LogP contribution in [-0.2, 0) is 4.79 Å². The molecule has 0 saturated heterocycles. The number of carboxylic acids is 1. The van der Waals surface area contributed by atoms with Crippen molar-refractivity contribution in [3.05, 3.63) is 29.8 Å². The van der Waals surface area contributed by atoms with E-state index in [0.29, 0.717) is 18.9 Å². The molecule has 1 aromatic carbocycles. The second-order valence-corrected chi connectivity index (χ2v) is 5.45. The highest BCUT2D eigenvalue weighted by atomic mass is 16.5. The van der Waals surface area contributed by atoms with E-state index in [1.165, 1.54) is 0 Å². The normalized spacial score (nSPS) is 19.4. The molecule has 1 aliphatic rings. The van der Waals surface area contributed by atoms with Crippen molar-refractivity contribution in [3.63, 3.8) is 0 Å². The van der Waals surface area contributed by atoms with Gasteiger partial charge in [0.2, 0.25) is 0 Å². The molecule has 0 amide bonds.